The Morgan fingerprint density at radius 1 is 1.21 bits per heavy atom. The SMILES string of the molecule is C=CC(=O)OCC1CO1.C=CC(=O)OCC1OC1C. The standard InChI is InChI=1S/C7H10O3.C6H8O3/c1-3-7(8)9-4-6-5(2)10-6;1-2-6(7)9-4-5-3-8-5/h3,5-6H,1,4H2,2H3;2,5H,1,3-4H2. The fourth-order valence-electron chi connectivity index (χ4n) is 1.03. The van der Waals surface area contributed by atoms with Crippen LogP contribution in [0.25, 0.3) is 0 Å². The summed E-state index contributed by atoms with van der Waals surface area (Å²) in [5, 5.41) is 0. The van der Waals surface area contributed by atoms with Gasteiger partial charge in [0.05, 0.1) is 12.7 Å². The predicted molar refractivity (Wildman–Crippen MR) is 66.4 cm³/mol. The summed E-state index contributed by atoms with van der Waals surface area (Å²) in [5.41, 5.74) is 0. The molecule has 0 aromatic heterocycles. The van der Waals surface area contributed by atoms with Crippen LogP contribution in [0.2, 0.25) is 0 Å². The Kier molecular flexibility index (Phi) is 6.24. The van der Waals surface area contributed by atoms with Gasteiger partial charge in [0.25, 0.3) is 0 Å². The smallest absolute Gasteiger partial charge is 0.330 e. The molecule has 2 rings (SSSR count). The molecule has 3 unspecified atom stereocenters. The molecule has 3 atom stereocenters. The molecule has 2 aliphatic heterocycles. The Bertz CT molecular complexity index is 347. The molecule has 2 aliphatic rings. The highest BCUT2D eigenvalue weighted by Gasteiger charge is 2.34. The Morgan fingerprint density at radius 3 is 2.05 bits per heavy atom. The lowest BCUT2D eigenvalue weighted by atomic mass is 10.4. The van der Waals surface area contributed by atoms with Crippen LogP contribution >= 0.6 is 0 Å². The number of ether oxygens (including phenoxy) is 4. The van der Waals surface area contributed by atoms with E-state index in [1.807, 2.05) is 6.92 Å². The van der Waals surface area contributed by atoms with Gasteiger partial charge in [0.15, 0.2) is 0 Å². The van der Waals surface area contributed by atoms with E-state index in [-0.39, 0.29) is 30.3 Å². The van der Waals surface area contributed by atoms with Gasteiger partial charge in [-0.2, -0.15) is 0 Å². The van der Waals surface area contributed by atoms with Crippen LogP contribution in [0.4, 0.5) is 0 Å². The average Bonchev–Trinajstić information content (AvgIpc) is 3.32. The molecule has 19 heavy (non-hydrogen) atoms. The molecule has 0 radical (unpaired) electrons. The predicted octanol–water partition coefficient (Wildman–Crippen LogP) is 0.617. The van der Waals surface area contributed by atoms with Gasteiger partial charge in [-0.1, -0.05) is 13.2 Å². The monoisotopic (exact) mass is 270 g/mol. The second-order valence-electron chi connectivity index (χ2n) is 4.00. The topological polar surface area (TPSA) is 77.7 Å². The van der Waals surface area contributed by atoms with Gasteiger partial charge in [0.1, 0.15) is 25.4 Å². The van der Waals surface area contributed by atoms with E-state index in [2.05, 4.69) is 17.9 Å². The van der Waals surface area contributed by atoms with E-state index in [1.165, 1.54) is 0 Å². The first-order valence-corrected chi connectivity index (χ1v) is 5.92. The zero-order valence-electron chi connectivity index (χ0n) is 10.9. The summed E-state index contributed by atoms with van der Waals surface area (Å²) in [6.45, 7) is 9.87. The molecule has 0 aliphatic carbocycles. The zero-order chi connectivity index (χ0) is 14.3. The first kappa shape index (κ1) is 15.4. The number of carbonyl (C=O) groups is 2. The van der Waals surface area contributed by atoms with E-state index >= 15 is 0 Å². The van der Waals surface area contributed by atoms with Crippen LogP contribution in [-0.4, -0.2) is 50.1 Å². The van der Waals surface area contributed by atoms with Gasteiger partial charge in [-0.25, -0.2) is 9.59 Å². The third-order valence-corrected chi connectivity index (χ3v) is 2.37. The molecule has 0 spiro atoms. The molecule has 6 heteroatoms. The minimum atomic E-state index is -0.386. The summed E-state index contributed by atoms with van der Waals surface area (Å²) in [6.07, 6.45) is 2.80. The fourth-order valence-corrected chi connectivity index (χ4v) is 1.03. The number of hydrogen-bond acceptors (Lipinski definition) is 6. The zero-order valence-corrected chi connectivity index (χ0v) is 10.9. The molecule has 106 valence electrons. The molecular formula is C13H18O6. The lowest BCUT2D eigenvalue weighted by Gasteiger charge is -1.95. The van der Waals surface area contributed by atoms with Crippen LogP contribution in [0.5, 0.6) is 0 Å². The quantitative estimate of drug-likeness (QED) is 0.400. The van der Waals surface area contributed by atoms with Gasteiger partial charge >= 0.3 is 11.9 Å². The lowest BCUT2D eigenvalue weighted by molar-refractivity contribution is -0.139. The van der Waals surface area contributed by atoms with Crippen molar-refractivity contribution >= 4 is 11.9 Å². The van der Waals surface area contributed by atoms with Crippen LogP contribution in [0.3, 0.4) is 0 Å². The molecular weight excluding hydrogens is 252 g/mol. The van der Waals surface area contributed by atoms with Crippen LogP contribution in [0.15, 0.2) is 25.3 Å². The molecule has 0 aromatic rings. The maximum Gasteiger partial charge on any atom is 0.330 e. The Hall–Kier alpha value is -1.66. The molecule has 6 nitrogen and oxygen atoms in total. The summed E-state index contributed by atoms with van der Waals surface area (Å²) in [6, 6.07) is 0. The Morgan fingerprint density at radius 2 is 1.68 bits per heavy atom. The molecule has 2 heterocycles. The summed E-state index contributed by atoms with van der Waals surface area (Å²) in [4.78, 5) is 20.8. The second kappa shape index (κ2) is 7.70. The van der Waals surface area contributed by atoms with Crippen molar-refractivity contribution in [3.63, 3.8) is 0 Å². The van der Waals surface area contributed by atoms with Crippen LogP contribution in [0.1, 0.15) is 6.92 Å². The summed E-state index contributed by atoms with van der Waals surface area (Å²) < 4.78 is 19.1. The van der Waals surface area contributed by atoms with E-state index in [1.54, 1.807) is 0 Å². The highest BCUT2D eigenvalue weighted by molar-refractivity contribution is 5.81. The van der Waals surface area contributed by atoms with Gasteiger partial charge in [-0.15, -0.1) is 0 Å². The summed E-state index contributed by atoms with van der Waals surface area (Å²) >= 11 is 0. The fraction of sp³-hybridized carbons (Fsp3) is 0.538. The van der Waals surface area contributed by atoms with Gasteiger partial charge in [-0.3, -0.25) is 0 Å². The van der Waals surface area contributed by atoms with Crippen molar-refractivity contribution in [1.82, 2.24) is 0 Å². The van der Waals surface area contributed by atoms with Crippen LogP contribution in [-0.2, 0) is 28.5 Å². The lowest BCUT2D eigenvalue weighted by Crippen LogP contribution is -2.07. The van der Waals surface area contributed by atoms with Crippen molar-refractivity contribution in [2.45, 2.75) is 25.2 Å². The largest absolute Gasteiger partial charge is 0.460 e. The summed E-state index contributed by atoms with van der Waals surface area (Å²) in [5.74, 6) is -0.770. The number of esters is 2. The van der Waals surface area contributed by atoms with E-state index in [0.717, 1.165) is 12.2 Å². The third-order valence-electron chi connectivity index (χ3n) is 2.37. The Labute approximate surface area is 112 Å². The molecule has 0 aromatic carbocycles. The number of epoxide rings is 2. The average molecular weight is 270 g/mol. The molecule has 0 amide bonds. The van der Waals surface area contributed by atoms with Crippen LogP contribution in [0, 0.1) is 0 Å². The minimum Gasteiger partial charge on any atom is -0.460 e. The van der Waals surface area contributed by atoms with Gasteiger partial charge in [0.2, 0.25) is 0 Å². The maximum absolute atomic E-state index is 10.5. The van der Waals surface area contributed by atoms with E-state index in [4.69, 9.17) is 14.2 Å². The van der Waals surface area contributed by atoms with Crippen molar-refractivity contribution in [3.05, 3.63) is 25.3 Å². The maximum atomic E-state index is 10.5. The molecule has 0 bridgehead atoms. The second-order valence-corrected chi connectivity index (χ2v) is 4.00. The van der Waals surface area contributed by atoms with Crippen molar-refractivity contribution in [2.75, 3.05) is 19.8 Å². The minimum absolute atomic E-state index is 0.115. The Balaban J connectivity index is 0.000000191. The van der Waals surface area contributed by atoms with Gasteiger partial charge in [-0.05, 0) is 6.92 Å². The van der Waals surface area contributed by atoms with Gasteiger partial charge < -0.3 is 18.9 Å². The third kappa shape index (κ3) is 7.38. The van der Waals surface area contributed by atoms with Crippen molar-refractivity contribution in [3.8, 4) is 0 Å². The molecule has 2 saturated heterocycles. The summed E-state index contributed by atoms with van der Waals surface area (Å²) in [7, 11) is 0. The first-order chi connectivity index (χ1) is 9.06. The van der Waals surface area contributed by atoms with Crippen LogP contribution < -0.4 is 0 Å². The molecule has 0 N–H and O–H groups in total. The van der Waals surface area contributed by atoms with E-state index < -0.39 is 0 Å². The highest BCUT2D eigenvalue weighted by atomic mass is 16.6. The first-order valence-electron chi connectivity index (χ1n) is 5.92. The van der Waals surface area contributed by atoms with Crippen molar-refractivity contribution in [2.24, 2.45) is 0 Å². The van der Waals surface area contributed by atoms with Crippen molar-refractivity contribution in [1.29, 1.82) is 0 Å². The highest BCUT2D eigenvalue weighted by Crippen LogP contribution is 2.20. The molecule has 2 fully saturated rings. The number of hydrogen-bond donors (Lipinski definition) is 0. The van der Waals surface area contributed by atoms with Crippen molar-refractivity contribution < 1.29 is 28.5 Å². The normalized spacial score (nSPS) is 26.3. The number of rotatable bonds is 6. The van der Waals surface area contributed by atoms with E-state index in [0.29, 0.717) is 19.8 Å². The number of carbonyl (C=O) groups excluding carboxylic acids is 2. The van der Waals surface area contributed by atoms with Gasteiger partial charge in [0, 0.05) is 12.2 Å². The molecule has 0 saturated carbocycles. The van der Waals surface area contributed by atoms with E-state index in [9.17, 15) is 9.59 Å².